The van der Waals surface area contributed by atoms with Gasteiger partial charge in [-0.1, -0.05) is 11.3 Å². The molecule has 24 heavy (non-hydrogen) atoms. The number of thiazole rings is 1. The Kier molecular flexibility index (Phi) is 6.80. The second-order valence-electron chi connectivity index (χ2n) is 5.11. The SMILES string of the molecule is Cc1nc(NC(=O)CCCC(=O)NCCF)sc1-c1ccncc1. The number of rotatable bonds is 8. The van der Waals surface area contributed by atoms with Crippen LogP contribution in [-0.4, -0.2) is 35.0 Å². The second-order valence-corrected chi connectivity index (χ2v) is 6.11. The van der Waals surface area contributed by atoms with E-state index < -0.39 is 6.67 Å². The Labute approximate surface area is 143 Å². The zero-order chi connectivity index (χ0) is 17.4. The quantitative estimate of drug-likeness (QED) is 0.767. The zero-order valence-electron chi connectivity index (χ0n) is 13.3. The lowest BCUT2D eigenvalue weighted by Gasteiger charge is -2.03. The number of nitrogens with one attached hydrogen (secondary N) is 2. The van der Waals surface area contributed by atoms with E-state index in [1.165, 1.54) is 11.3 Å². The van der Waals surface area contributed by atoms with Crippen molar-refractivity contribution in [1.82, 2.24) is 15.3 Å². The molecule has 0 aliphatic heterocycles. The number of aromatic nitrogens is 2. The van der Waals surface area contributed by atoms with Crippen molar-refractivity contribution in [2.75, 3.05) is 18.5 Å². The van der Waals surface area contributed by atoms with Crippen molar-refractivity contribution in [3.05, 3.63) is 30.2 Å². The molecule has 0 bridgehead atoms. The third kappa shape index (κ3) is 5.38. The van der Waals surface area contributed by atoms with Gasteiger partial charge < -0.3 is 10.6 Å². The molecule has 0 spiro atoms. The van der Waals surface area contributed by atoms with Crippen molar-refractivity contribution in [2.45, 2.75) is 26.2 Å². The molecule has 0 radical (unpaired) electrons. The van der Waals surface area contributed by atoms with Gasteiger partial charge in [-0.05, 0) is 31.0 Å². The number of carbonyl (C=O) groups is 2. The molecule has 2 N–H and O–H groups in total. The lowest BCUT2D eigenvalue weighted by molar-refractivity contribution is -0.121. The fraction of sp³-hybridized carbons (Fsp3) is 0.375. The van der Waals surface area contributed by atoms with E-state index in [1.807, 2.05) is 19.1 Å². The first-order valence-corrected chi connectivity index (χ1v) is 8.42. The number of hydrogen-bond donors (Lipinski definition) is 2. The van der Waals surface area contributed by atoms with E-state index in [2.05, 4.69) is 20.6 Å². The molecule has 128 valence electrons. The predicted molar refractivity (Wildman–Crippen MR) is 91.5 cm³/mol. The van der Waals surface area contributed by atoms with Crippen LogP contribution in [0.1, 0.15) is 25.0 Å². The highest BCUT2D eigenvalue weighted by molar-refractivity contribution is 7.19. The van der Waals surface area contributed by atoms with E-state index >= 15 is 0 Å². The molecule has 8 heteroatoms. The maximum atomic E-state index is 11.9. The minimum absolute atomic E-state index is 0.0151. The minimum atomic E-state index is -0.588. The van der Waals surface area contributed by atoms with Crippen molar-refractivity contribution < 1.29 is 14.0 Å². The first-order valence-electron chi connectivity index (χ1n) is 7.60. The summed E-state index contributed by atoms with van der Waals surface area (Å²) in [6, 6.07) is 3.78. The molecule has 2 heterocycles. The number of anilines is 1. The number of amides is 2. The average Bonchev–Trinajstić information content (AvgIpc) is 2.94. The zero-order valence-corrected chi connectivity index (χ0v) is 14.2. The molecule has 0 aliphatic carbocycles. The lowest BCUT2D eigenvalue weighted by Crippen LogP contribution is -2.25. The Morgan fingerprint density at radius 1 is 1.21 bits per heavy atom. The summed E-state index contributed by atoms with van der Waals surface area (Å²) in [7, 11) is 0. The van der Waals surface area contributed by atoms with Crippen LogP contribution < -0.4 is 10.6 Å². The Balaban J connectivity index is 1.83. The highest BCUT2D eigenvalue weighted by atomic mass is 32.1. The van der Waals surface area contributed by atoms with Gasteiger partial charge in [-0.2, -0.15) is 0 Å². The topological polar surface area (TPSA) is 84.0 Å². The standard InChI is InChI=1S/C16H19FN4O2S/c1-11-15(12-5-8-18-9-6-12)24-16(20-11)21-14(23)4-2-3-13(22)19-10-7-17/h5-6,8-9H,2-4,7,10H2,1H3,(H,19,22)(H,20,21,23). The molecule has 2 aromatic rings. The Morgan fingerprint density at radius 3 is 2.62 bits per heavy atom. The summed E-state index contributed by atoms with van der Waals surface area (Å²) >= 11 is 1.40. The minimum Gasteiger partial charge on any atom is -0.353 e. The summed E-state index contributed by atoms with van der Waals surface area (Å²) in [6.45, 7) is 1.31. The Hall–Kier alpha value is -2.35. The van der Waals surface area contributed by atoms with Crippen LogP contribution in [0, 0.1) is 6.92 Å². The molecule has 2 rings (SSSR count). The smallest absolute Gasteiger partial charge is 0.226 e. The van der Waals surface area contributed by atoms with Crippen molar-refractivity contribution >= 4 is 28.3 Å². The number of nitrogens with zero attached hydrogens (tertiary/aromatic N) is 2. The van der Waals surface area contributed by atoms with Gasteiger partial charge in [0.2, 0.25) is 11.8 Å². The van der Waals surface area contributed by atoms with E-state index in [-0.39, 0.29) is 31.2 Å². The first-order chi connectivity index (χ1) is 11.6. The maximum absolute atomic E-state index is 11.9. The van der Waals surface area contributed by atoms with Gasteiger partial charge in [-0.15, -0.1) is 0 Å². The Bertz CT molecular complexity index is 691. The van der Waals surface area contributed by atoms with E-state index in [0.717, 1.165) is 16.1 Å². The number of alkyl halides is 1. The largest absolute Gasteiger partial charge is 0.353 e. The highest BCUT2D eigenvalue weighted by Crippen LogP contribution is 2.32. The fourth-order valence-corrected chi connectivity index (χ4v) is 3.08. The van der Waals surface area contributed by atoms with Crippen LogP contribution in [-0.2, 0) is 9.59 Å². The number of hydrogen-bond acceptors (Lipinski definition) is 5. The molecule has 0 aliphatic rings. The van der Waals surface area contributed by atoms with Crippen LogP contribution in [0.3, 0.4) is 0 Å². The van der Waals surface area contributed by atoms with E-state index in [9.17, 15) is 14.0 Å². The summed E-state index contributed by atoms with van der Waals surface area (Å²) in [5, 5.41) is 5.71. The summed E-state index contributed by atoms with van der Waals surface area (Å²) in [5.74, 6) is -0.436. The summed E-state index contributed by atoms with van der Waals surface area (Å²) < 4.78 is 11.9. The average molecular weight is 350 g/mol. The van der Waals surface area contributed by atoms with Crippen LogP contribution in [0.2, 0.25) is 0 Å². The van der Waals surface area contributed by atoms with Gasteiger partial charge in [-0.3, -0.25) is 14.6 Å². The molecule has 0 unspecified atom stereocenters. The first kappa shape index (κ1) is 18.0. The monoisotopic (exact) mass is 350 g/mol. The highest BCUT2D eigenvalue weighted by Gasteiger charge is 2.12. The maximum Gasteiger partial charge on any atom is 0.226 e. The van der Waals surface area contributed by atoms with Crippen LogP contribution in [0.15, 0.2) is 24.5 Å². The van der Waals surface area contributed by atoms with E-state index in [0.29, 0.717) is 11.6 Å². The summed E-state index contributed by atoms with van der Waals surface area (Å²) in [6.07, 6.45) is 4.24. The van der Waals surface area contributed by atoms with E-state index in [1.54, 1.807) is 12.4 Å². The lowest BCUT2D eigenvalue weighted by atomic mass is 10.2. The molecule has 2 aromatic heterocycles. The normalized spacial score (nSPS) is 10.4. The molecule has 0 saturated heterocycles. The second kappa shape index (κ2) is 9.07. The number of halogens is 1. The molecule has 0 aromatic carbocycles. The van der Waals surface area contributed by atoms with Gasteiger partial charge in [0.05, 0.1) is 10.6 Å². The fourth-order valence-electron chi connectivity index (χ4n) is 2.09. The predicted octanol–water partition coefficient (Wildman–Crippen LogP) is 2.71. The molecular weight excluding hydrogens is 331 g/mol. The van der Waals surface area contributed by atoms with Gasteiger partial charge in [0.1, 0.15) is 6.67 Å². The summed E-state index contributed by atoms with van der Waals surface area (Å²) in [4.78, 5) is 32.6. The van der Waals surface area contributed by atoms with Gasteiger partial charge in [0.15, 0.2) is 5.13 Å². The van der Waals surface area contributed by atoms with Crippen molar-refractivity contribution in [3.8, 4) is 10.4 Å². The van der Waals surface area contributed by atoms with Gasteiger partial charge in [0, 0.05) is 31.8 Å². The van der Waals surface area contributed by atoms with E-state index in [4.69, 9.17) is 0 Å². The van der Waals surface area contributed by atoms with Crippen molar-refractivity contribution in [1.29, 1.82) is 0 Å². The third-order valence-corrected chi connectivity index (χ3v) is 4.33. The number of carbonyl (C=O) groups excluding carboxylic acids is 2. The van der Waals surface area contributed by atoms with Gasteiger partial charge in [-0.25, -0.2) is 9.37 Å². The van der Waals surface area contributed by atoms with Crippen LogP contribution in [0.4, 0.5) is 9.52 Å². The molecule has 0 saturated carbocycles. The Morgan fingerprint density at radius 2 is 1.92 bits per heavy atom. The number of pyridine rings is 1. The molecule has 0 atom stereocenters. The molecule has 6 nitrogen and oxygen atoms in total. The number of aryl methyl sites for hydroxylation is 1. The van der Waals surface area contributed by atoms with Gasteiger partial charge in [0.25, 0.3) is 0 Å². The van der Waals surface area contributed by atoms with Crippen LogP contribution in [0.25, 0.3) is 10.4 Å². The van der Waals surface area contributed by atoms with Crippen molar-refractivity contribution in [3.63, 3.8) is 0 Å². The molecule has 0 fully saturated rings. The molecular formula is C16H19FN4O2S. The van der Waals surface area contributed by atoms with Crippen LogP contribution >= 0.6 is 11.3 Å². The van der Waals surface area contributed by atoms with Crippen LogP contribution in [0.5, 0.6) is 0 Å². The third-order valence-electron chi connectivity index (χ3n) is 3.21. The van der Waals surface area contributed by atoms with Crippen molar-refractivity contribution in [2.24, 2.45) is 0 Å². The van der Waals surface area contributed by atoms with Gasteiger partial charge >= 0.3 is 0 Å². The summed E-state index contributed by atoms with van der Waals surface area (Å²) in [5.41, 5.74) is 1.84. The molecule has 2 amide bonds.